The van der Waals surface area contributed by atoms with Crippen molar-refractivity contribution in [3.8, 4) is 0 Å². The van der Waals surface area contributed by atoms with Crippen molar-refractivity contribution in [3.05, 3.63) is 16.6 Å². The first-order valence-corrected chi connectivity index (χ1v) is 5.37. The van der Waals surface area contributed by atoms with Crippen LogP contribution in [0.15, 0.2) is 11.6 Å². The Morgan fingerprint density at radius 1 is 1.54 bits per heavy atom. The van der Waals surface area contributed by atoms with Gasteiger partial charge in [-0.15, -0.1) is 11.3 Å². The number of aromatic nitrogens is 1. The van der Waals surface area contributed by atoms with E-state index in [-0.39, 0.29) is 0 Å². The Balaban J connectivity index is 1.95. The number of hydrogen-bond donors (Lipinski definition) is 0. The summed E-state index contributed by atoms with van der Waals surface area (Å²) in [6, 6.07) is 0. The molecule has 0 spiro atoms. The fourth-order valence-corrected chi connectivity index (χ4v) is 2.50. The zero-order valence-electron chi connectivity index (χ0n) is 7.35. The van der Waals surface area contributed by atoms with Gasteiger partial charge in [0.05, 0.1) is 5.01 Å². The van der Waals surface area contributed by atoms with Gasteiger partial charge in [0.2, 0.25) is 6.41 Å². The fourth-order valence-electron chi connectivity index (χ4n) is 1.69. The van der Waals surface area contributed by atoms with E-state index in [1.165, 1.54) is 5.01 Å². The molecule has 0 saturated carbocycles. The van der Waals surface area contributed by atoms with Crippen molar-refractivity contribution in [3.63, 3.8) is 0 Å². The Kier molecular flexibility index (Phi) is 2.59. The number of carbonyl (C=O) groups is 1. The quantitative estimate of drug-likeness (QED) is 0.671. The molecule has 0 atom stereocenters. The van der Waals surface area contributed by atoms with Crippen LogP contribution >= 0.6 is 11.3 Å². The molecule has 4 heteroatoms. The van der Waals surface area contributed by atoms with Gasteiger partial charge < -0.3 is 4.90 Å². The number of piperidine rings is 1. The minimum atomic E-state index is 0.580. The van der Waals surface area contributed by atoms with Crippen LogP contribution in [0.1, 0.15) is 23.8 Å². The van der Waals surface area contributed by atoms with Gasteiger partial charge in [0.15, 0.2) is 0 Å². The van der Waals surface area contributed by atoms with Crippen LogP contribution in [0.25, 0.3) is 0 Å². The second-order valence-corrected chi connectivity index (χ2v) is 4.21. The van der Waals surface area contributed by atoms with Crippen LogP contribution in [0.2, 0.25) is 0 Å². The van der Waals surface area contributed by atoms with Crippen LogP contribution in [-0.2, 0) is 4.79 Å². The Labute approximate surface area is 81.4 Å². The summed E-state index contributed by atoms with van der Waals surface area (Å²) in [7, 11) is 0. The molecule has 70 valence electrons. The van der Waals surface area contributed by atoms with Crippen molar-refractivity contribution in [1.82, 2.24) is 9.88 Å². The lowest BCUT2D eigenvalue weighted by Gasteiger charge is -2.27. The minimum absolute atomic E-state index is 0.580. The monoisotopic (exact) mass is 196 g/mol. The number of nitrogens with zero attached hydrogens (tertiary/aromatic N) is 2. The van der Waals surface area contributed by atoms with Crippen molar-refractivity contribution in [1.29, 1.82) is 0 Å². The molecule has 2 rings (SSSR count). The number of rotatable bonds is 2. The number of amides is 1. The van der Waals surface area contributed by atoms with Crippen LogP contribution in [0, 0.1) is 0 Å². The summed E-state index contributed by atoms with van der Waals surface area (Å²) in [6.07, 6.45) is 4.92. The molecule has 2 heterocycles. The predicted octanol–water partition coefficient (Wildman–Crippen LogP) is 1.48. The summed E-state index contributed by atoms with van der Waals surface area (Å²) in [5.74, 6) is 0.580. The van der Waals surface area contributed by atoms with E-state index < -0.39 is 0 Å². The lowest BCUT2D eigenvalue weighted by molar-refractivity contribution is -0.119. The van der Waals surface area contributed by atoms with Gasteiger partial charge in [-0.3, -0.25) is 4.79 Å². The highest BCUT2D eigenvalue weighted by atomic mass is 32.1. The summed E-state index contributed by atoms with van der Waals surface area (Å²) in [5, 5.41) is 3.24. The molecule has 1 aromatic rings. The number of thiazole rings is 1. The first-order valence-electron chi connectivity index (χ1n) is 4.49. The highest BCUT2D eigenvalue weighted by Crippen LogP contribution is 2.28. The average molecular weight is 196 g/mol. The van der Waals surface area contributed by atoms with Crippen LogP contribution in [0.3, 0.4) is 0 Å². The van der Waals surface area contributed by atoms with E-state index in [1.54, 1.807) is 11.3 Å². The standard InChI is InChI=1S/C9H12N2OS/c12-7-11-4-1-8(2-5-11)9-10-3-6-13-9/h3,6-8H,1-2,4-5H2. The molecule has 1 fully saturated rings. The van der Waals surface area contributed by atoms with E-state index in [2.05, 4.69) is 4.98 Å². The molecule has 1 saturated heterocycles. The molecule has 3 nitrogen and oxygen atoms in total. The smallest absolute Gasteiger partial charge is 0.209 e. The van der Waals surface area contributed by atoms with Crippen molar-refractivity contribution in [2.75, 3.05) is 13.1 Å². The molecule has 1 aliphatic rings. The molecule has 13 heavy (non-hydrogen) atoms. The van der Waals surface area contributed by atoms with Crippen molar-refractivity contribution >= 4 is 17.7 Å². The number of carbonyl (C=O) groups excluding carboxylic acids is 1. The molecule has 0 bridgehead atoms. The SMILES string of the molecule is O=CN1CCC(c2nccs2)CC1. The van der Waals surface area contributed by atoms with Gasteiger partial charge in [-0.1, -0.05) is 0 Å². The minimum Gasteiger partial charge on any atom is -0.345 e. The first-order chi connectivity index (χ1) is 6.40. The summed E-state index contributed by atoms with van der Waals surface area (Å²) in [4.78, 5) is 16.6. The van der Waals surface area contributed by atoms with E-state index in [0.717, 1.165) is 32.3 Å². The molecular formula is C9H12N2OS. The summed E-state index contributed by atoms with van der Waals surface area (Å²) >= 11 is 1.72. The molecule has 1 amide bonds. The lowest BCUT2D eigenvalue weighted by atomic mass is 9.98. The summed E-state index contributed by atoms with van der Waals surface area (Å²) < 4.78 is 0. The zero-order valence-corrected chi connectivity index (χ0v) is 8.17. The van der Waals surface area contributed by atoms with Crippen LogP contribution in [0.4, 0.5) is 0 Å². The molecule has 0 N–H and O–H groups in total. The topological polar surface area (TPSA) is 33.2 Å². The summed E-state index contributed by atoms with van der Waals surface area (Å²) in [5.41, 5.74) is 0. The molecule has 0 radical (unpaired) electrons. The largest absolute Gasteiger partial charge is 0.345 e. The van der Waals surface area contributed by atoms with Gasteiger partial charge >= 0.3 is 0 Å². The maximum Gasteiger partial charge on any atom is 0.209 e. The second-order valence-electron chi connectivity index (χ2n) is 3.29. The number of hydrogen-bond acceptors (Lipinski definition) is 3. The van der Waals surface area contributed by atoms with Crippen molar-refractivity contribution < 1.29 is 4.79 Å². The van der Waals surface area contributed by atoms with E-state index in [4.69, 9.17) is 0 Å². The van der Waals surface area contributed by atoms with Crippen LogP contribution in [-0.4, -0.2) is 29.4 Å². The maximum atomic E-state index is 10.5. The van der Waals surface area contributed by atoms with Gasteiger partial charge in [-0.2, -0.15) is 0 Å². The molecule has 1 aromatic heterocycles. The fraction of sp³-hybridized carbons (Fsp3) is 0.556. The molecule has 0 aromatic carbocycles. The Hall–Kier alpha value is -0.900. The van der Waals surface area contributed by atoms with Gasteiger partial charge in [0, 0.05) is 30.6 Å². The van der Waals surface area contributed by atoms with Gasteiger partial charge in [-0.05, 0) is 12.8 Å². The highest BCUT2D eigenvalue weighted by Gasteiger charge is 2.20. The first kappa shape index (κ1) is 8.69. The van der Waals surface area contributed by atoms with Crippen LogP contribution in [0.5, 0.6) is 0 Å². The Morgan fingerprint density at radius 3 is 2.85 bits per heavy atom. The third kappa shape index (κ3) is 1.88. The lowest BCUT2D eigenvalue weighted by Crippen LogP contribution is -2.31. The molecule has 0 unspecified atom stereocenters. The third-order valence-corrected chi connectivity index (χ3v) is 3.42. The van der Waals surface area contributed by atoms with E-state index in [1.807, 2.05) is 16.5 Å². The average Bonchev–Trinajstić information content (AvgIpc) is 2.71. The third-order valence-electron chi connectivity index (χ3n) is 2.48. The van der Waals surface area contributed by atoms with Gasteiger partial charge in [-0.25, -0.2) is 4.98 Å². The number of likely N-dealkylation sites (tertiary alicyclic amines) is 1. The zero-order chi connectivity index (χ0) is 9.10. The molecule has 0 aliphatic carbocycles. The van der Waals surface area contributed by atoms with E-state index in [0.29, 0.717) is 5.92 Å². The highest BCUT2D eigenvalue weighted by molar-refractivity contribution is 7.09. The molecule has 1 aliphatic heterocycles. The maximum absolute atomic E-state index is 10.5. The van der Waals surface area contributed by atoms with E-state index in [9.17, 15) is 4.79 Å². The normalized spacial score (nSPS) is 18.9. The second kappa shape index (κ2) is 3.87. The van der Waals surface area contributed by atoms with Crippen molar-refractivity contribution in [2.24, 2.45) is 0 Å². The van der Waals surface area contributed by atoms with Gasteiger partial charge in [0.1, 0.15) is 0 Å². The van der Waals surface area contributed by atoms with E-state index >= 15 is 0 Å². The van der Waals surface area contributed by atoms with Crippen LogP contribution < -0.4 is 0 Å². The summed E-state index contributed by atoms with van der Waals surface area (Å²) in [6.45, 7) is 1.77. The van der Waals surface area contributed by atoms with Gasteiger partial charge in [0.25, 0.3) is 0 Å². The van der Waals surface area contributed by atoms with Crippen molar-refractivity contribution in [2.45, 2.75) is 18.8 Å². The predicted molar refractivity (Wildman–Crippen MR) is 51.7 cm³/mol. The Morgan fingerprint density at radius 2 is 2.31 bits per heavy atom. The molecular weight excluding hydrogens is 184 g/mol. The Bertz CT molecular complexity index is 265.